The lowest BCUT2D eigenvalue weighted by Crippen LogP contribution is -2.28. The van der Waals surface area contributed by atoms with Gasteiger partial charge in [0.2, 0.25) is 0 Å². The van der Waals surface area contributed by atoms with Gasteiger partial charge in [-0.25, -0.2) is 10.3 Å². The molecule has 2 aromatic rings. The maximum absolute atomic E-state index is 11.8. The van der Waals surface area contributed by atoms with E-state index < -0.39 is 22.7 Å². The molecule has 0 saturated heterocycles. The molecule has 10 heteroatoms. The lowest BCUT2D eigenvalue weighted by molar-refractivity contribution is -0.388. The van der Waals surface area contributed by atoms with Gasteiger partial charge in [0.05, 0.1) is 0 Å². The van der Waals surface area contributed by atoms with Crippen molar-refractivity contribution in [2.45, 2.75) is 6.54 Å². The van der Waals surface area contributed by atoms with E-state index in [1.807, 2.05) is 0 Å². The van der Waals surface area contributed by atoms with Crippen molar-refractivity contribution in [2.75, 3.05) is 5.32 Å². The van der Waals surface area contributed by atoms with Gasteiger partial charge in [0, 0.05) is 12.1 Å². The number of benzene rings is 1. The van der Waals surface area contributed by atoms with Crippen molar-refractivity contribution in [3.63, 3.8) is 0 Å². The topological polar surface area (TPSA) is 146 Å². The van der Waals surface area contributed by atoms with Crippen LogP contribution in [0.4, 0.5) is 16.3 Å². The van der Waals surface area contributed by atoms with Crippen LogP contribution in [0.25, 0.3) is 0 Å². The number of rotatable bonds is 5. The second-order valence-corrected chi connectivity index (χ2v) is 4.58. The maximum Gasteiger partial charge on any atom is 0.387 e. The van der Waals surface area contributed by atoms with Gasteiger partial charge in [-0.3, -0.25) is 10.0 Å². The summed E-state index contributed by atoms with van der Waals surface area (Å²) >= 11 is 0. The fourth-order valence-corrected chi connectivity index (χ4v) is 1.83. The average molecular weight is 331 g/mol. The second-order valence-electron chi connectivity index (χ2n) is 4.58. The van der Waals surface area contributed by atoms with E-state index in [1.165, 1.54) is 35.9 Å². The van der Waals surface area contributed by atoms with Gasteiger partial charge in [-0.1, -0.05) is 12.1 Å². The van der Waals surface area contributed by atoms with E-state index in [1.54, 1.807) is 12.1 Å². The Labute approximate surface area is 135 Å². The molecule has 0 radical (unpaired) electrons. The molecular weight excluding hydrogens is 318 g/mol. The molecule has 3 amide bonds. The lowest BCUT2D eigenvalue weighted by Gasteiger charge is -2.08. The highest BCUT2D eigenvalue weighted by Crippen LogP contribution is 2.19. The number of pyridine rings is 1. The minimum Gasteiger partial charge on any atom is -0.358 e. The Bertz CT molecular complexity index is 762. The fourth-order valence-electron chi connectivity index (χ4n) is 1.83. The maximum atomic E-state index is 11.8. The molecule has 0 unspecified atom stereocenters. The molecule has 0 bridgehead atoms. The molecule has 0 saturated carbocycles. The Morgan fingerprint density at radius 1 is 1.21 bits per heavy atom. The van der Waals surface area contributed by atoms with Gasteiger partial charge >= 0.3 is 11.8 Å². The van der Waals surface area contributed by atoms with Crippen molar-refractivity contribution >= 4 is 23.4 Å². The highest BCUT2D eigenvalue weighted by molar-refractivity contribution is 5.93. The number of anilines is 1. The highest BCUT2D eigenvalue weighted by atomic mass is 16.6. The Kier molecular flexibility index (Phi) is 5.36. The molecule has 0 aliphatic carbocycles. The first-order valence-electron chi connectivity index (χ1n) is 6.69. The molecule has 1 aromatic heterocycles. The van der Waals surface area contributed by atoms with Crippen LogP contribution in [0.5, 0.6) is 0 Å². The molecule has 0 aliphatic rings. The summed E-state index contributed by atoms with van der Waals surface area (Å²) in [5, 5.41) is 24.2. The molecule has 0 atom stereocenters. The first kappa shape index (κ1) is 16.8. The monoisotopic (exact) mass is 331 g/mol. The largest absolute Gasteiger partial charge is 0.387 e. The first-order chi connectivity index (χ1) is 11.5. The molecular formula is C14H13N5O5. The van der Waals surface area contributed by atoms with Crippen molar-refractivity contribution in [3.8, 4) is 0 Å². The van der Waals surface area contributed by atoms with Crippen LogP contribution in [0.3, 0.4) is 0 Å². The standard InChI is InChI=1S/C14H13N5O5/c20-13(18-22)10-5-3-9(4-6-10)8-16-14(21)17-11-2-1-7-15-12(11)19(23)24/h1-7,22H,8H2,(H,18,20)(H2,16,17,21). The Balaban J connectivity index is 1.94. The fraction of sp³-hybridized carbons (Fsp3) is 0.0714. The van der Waals surface area contributed by atoms with E-state index in [0.29, 0.717) is 5.56 Å². The number of carbonyl (C=O) groups excluding carboxylic acids is 2. The molecule has 0 spiro atoms. The molecule has 1 aromatic carbocycles. The number of amides is 3. The van der Waals surface area contributed by atoms with Crippen LogP contribution >= 0.6 is 0 Å². The van der Waals surface area contributed by atoms with Gasteiger partial charge in [0.1, 0.15) is 11.9 Å². The van der Waals surface area contributed by atoms with Crippen molar-refractivity contribution in [2.24, 2.45) is 0 Å². The zero-order valence-corrected chi connectivity index (χ0v) is 12.2. The lowest BCUT2D eigenvalue weighted by atomic mass is 10.1. The predicted molar refractivity (Wildman–Crippen MR) is 82.4 cm³/mol. The van der Waals surface area contributed by atoms with Gasteiger partial charge in [0.25, 0.3) is 5.91 Å². The van der Waals surface area contributed by atoms with Crippen LogP contribution in [-0.4, -0.2) is 27.1 Å². The normalized spacial score (nSPS) is 9.88. The van der Waals surface area contributed by atoms with Crippen LogP contribution in [0, 0.1) is 10.1 Å². The molecule has 1 heterocycles. The van der Waals surface area contributed by atoms with E-state index in [0.717, 1.165) is 0 Å². The number of aromatic nitrogens is 1. The van der Waals surface area contributed by atoms with E-state index in [2.05, 4.69) is 15.6 Å². The number of hydrogen-bond donors (Lipinski definition) is 4. The van der Waals surface area contributed by atoms with E-state index in [-0.39, 0.29) is 17.8 Å². The van der Waals surface area contributed by atoms with Crippen molar-refractivity contribution < 1.29 is 19.7 Å². The summed E-state index contributed by atoms with van der Waals surface area (Å²) in [6.07, 6.45) is 1.26. The van der Waals surface area contributed by atoms with Crippen LogP contribution in [-0.2, 0) is 6.54 Å². The Morgan fingerprint density at radius 3 is 2.54 bits per heavy atom. The summed E-state index contributed by atoms with van der Waals surface area (Å²) in [4.78, 5) is 36.7. The Hall–Kier alpha value is -3.53. The summed E-state index contributed by atoms with van der Waals surface area (Å²) in [6, 6.07) is 8.34. The number of nitrogens with one attached hydrogen (secondary N) is 3. The molecule has 10 nitrogen and oxygen atoms in total. The second kappa shape index (κ2) is 7.65. The summed E-state index contributed by atoms with van der Waals surface area (Å²) in [5.74, 6) is -1.09. The predicted octanol–water partition coefficient (Wildman–Crippen LogP) is 1.43. The number of carbonyl (C=O) groups is 2. The third-order valence-corrected chi connectivity index (χ3v) is 2.98. The molecule has 0 aliphatic heterocycles. The number of hydroxylamine groups is 1. The van der Waals surface area contributed by atoms with Crippen LogP contribution in [0.2, 0.25) is 0 Å². The van der Waals surface area contributed by atoms with Crippen LogP contribution in [0.15, 0.2) is 42.6 Å². The average Bonchev–Trinajstić information content (AvgIpc) is 2.60. The quantitative estimate of drug-likeness (QED) is 0.370. The summed E-state index contributed by atoms with van der Waals surface area (Å²) in [7, 11) is 0. The van der Waals surface area contributed by atoms with E-state index in [9.17, 15) is 19.7 Å². The number of nitrogens with zero attached hydrogens (tertiary/aromatic N) is 2. The van der Waals surface area contributed by atoms with Crippen LogP contribution < -0.4 is 16.1 Å². The third-order valence-electron chi connectivity index (χ3n) is 2.98. The number of nitro groups is 1. The molecule has 24 heavy (non-hydrogen) atoms. The zero-order chi connectivity index (χ0) is 17.5. The van der Waals surface area contributed by atoms with Crippen molar-refractivity contribution in [1.82, 2.24) is 15.8 Å². The van der Waals surface area contributed by atoms with Crippen molar-refractivity contribution in [3.05, 3.63) is 63.8 Å². The molecule has 124 valence electrons. The molecule has 0 fully saturated rings. The van der Waals surface area contributed by atoms with E-state index in [4.69, 9.17) is 5.21 Å². The van der Waals surface area contributed by atoms with Crippen molar-refractivity contribution in [1.29, 1.82) is 0 Å². The first-order valence-corrected chi connectivity index (χ1v) is 6.69. The minimum atomic E-state index is -0.694. The highest BCUT2D eigenvalue weighted by Gasteiger charge is 2.16. The van der Waals surface area contributed by atoms with Gasteiger partial charge in [-0.15, -0.1) is 0 Å². The third kappa shape index (κ3) is 4.24. The summed E-state index contributed by atoms with van der Waals surface area (Å²) in [5.41, 5.74) is 2.45. The van der Waals surface area contributed by atoms with E-state index >= 15 is 0 Å². The van der Waals surface area contributed by atoms with Gasteiger partial charge in [-0.2, -0.15) is 0 Å². The zero-order valence-electron chi connectivity index (χ0n) is 12.2. The molecule has 2 rings (SSSR count). The van der Waals surface area contributed by atoms with Crippen LogP contribution in [0.1, 0.15) is 15.9 Å². The van der Waals surface area contributed by atoms with Gasteiger partial charge < -0.3 is 20.7 Å². The van der Waals surface area contributed by atoms with Gasteiger partial charge in [0.15, 0.2) is 0 Å². The molecule has 4 N–H and O–H groups in total. The van der Waals surface area contributed by atoms with Gasteiger partial charge in [-0.05, 0) is 39.7 Å². The summed E-state index contributed by atoms with van der Waals surface area (Å²) < 4.78 is 0. The number of urea groups is 1. The SMILES string of the molecule is O=C(NCc1ccc(C(=O)NO)cc1)Nc1cccnc1[N+](=O)[O-]. The number of hydrogen-bond acceptors (Lipinski definition) is 6. The Morgan fingerprint density at radius 2 is 1.92 bits per heavy atom. The smallest absolute Gasteiger partial charge is 0.358 e. The summed E-state index contributed by atoms with van der Waals surface area (Å²) in [6.45, 7) is 0.140. The minimum absolute atomic E-state index is 0.0186.